The van der Waals surface area contributed by atoms with E-state index in [9.17, 15) is 0 Å². The maximum atomic E-state index is 4.86. The molecule has 3 heteroatoms. The molecule has 0 aliphatic heterocycles. The molecule has 3 rings (SSSR count). The van der Waals surface area contributed by atoms with E-state index in [0.717, 1.165) is 24.6 Å². The summed E-state index contributed by atoms with van der Waals surface area (Å²) in [6.45, 7) is 4.27. The van der Waals surface area contributed by atoms with Gasteiger partial charge in [-0.15, -0.1) is 0 Å². The number of quaternary nitrogens is 1. The smallest absolute Gasteiger partial charge is 0.165 e. The molecule has 1 atom stereocenters. The van der Waals surface area contributed by atoms with Crippen LogP contribution in [0.2, 0.25) is 0 Å². The largest absolute Gasteiger partial charge is 0.329 e. The molecule has 0 bridgehead atoms. The number of imidazole rings is 1. The van der Waals surface area contributed by atoms with Crippen molar-refractivity contribution < 1.29 is 4.90 Å². The van der Waals surface area contributed by atoms with Crippen LogP contribution >= 0.6 is 0 Å². The van der Waals surface area contributed by atoms with Crippen molar-refractivity contribution in [2.75, 3.05) is 7.05 Å². The van der Waals surface area contributed by atoms with Crippen LogP contribution in [0.4, 0.5) is 0 Å². The first-order valence-electron chi connectivity index (χ1n) is 8.06. The zero-order valence-electron chi connectivity index (χ0n) is 12.7. The van der Waals surface area contributed by atoms with E-state index in [1.54, 1.807) is 4.90 Å². The zero-order valence-corrected chi connectivity index (χ0v) is 12.7. The zero-order chi connectivity index (χ0) is 13.9. The molecule has 1 aromatic carbocycles. The summed E-state index contributed by atoms with van der Waals surface area (Å²) in [6.07, 6.45) is 7.02. The molecule has 1 fully saturated rings. The summed E-state index contributed by atoms with van der Waals surface area (Å²) in [6, 6.07) is 9.33. The third-order valence-corrected chi connectivity index (χ3v) is 4.79. The number of aryl methyl sites for hydroxylation is 1. The van der Waals surface area contributed by atoms with Gasteiger partial charge in [0, 0.05) is 6.54 Å². The van der Waals surface area contributed by atoms with E-state index in [0.29, 0.717) is 0 Å². The van der Waals surface area contributed by atoms with Crippen LogP contribution in [0.15, 0.2) is 24.3 Å². The van der Waals surface area contributed by atoms with Gasteiger partial charge in [-0.2, -0.15) is 0 Å². The van der Waals surface area contributed by atoms with Crippen LogP contribution in [0.3, 0.4) is 0 Å². The van der Waals surface area contributed by atoms with Crippen molar-refractivity contribution in [3.63, 3.8) is 0 Å². The molecule has 108 valence electrons. The second kappa shape index (κ2) is 5.96. The number of aromatic nitrogens is 2. The molecule has 0 radical (unpaired) electrons. The van der Waals surface area contributed by atoms with Gasteiger partial charge in [0.25, 0.3) is 0 Å². The maximum absolute atomic E-state index is 4.86. The quantitative estimate of drug-likeness (QED) is 0.907. The SMILES string of the molecule is CCn1c(C[NH+](C)C2CCCCC2)nc2ccccc21. The van der Waals surface area contributed by atoms with Crippen LogP contribution in [0.1, 0.15) is 44.9 Å². The fourth-order valence-electron chi connectivity index (χ4n) is 3.60. The van der Waals surface area contributed by atoms with Gasteiger partial charge in [-0.25, -0.2) is 4.98 Å². The lowest BCUT2D eigenvalue weighted by atomic mass is 9.94. The van der Waals surface area contributed by atoms with Gasteiger partial charge in [-0.05, 0) is 44.7 Å². The number of nitrogens with zero attached hydrogens (tertiary/aromatic N) is 2. The molecule has 1 saturated carbocycles. The highest BCUT2D eigenvalue weighted by atomic mass is 15.2. The monoisotopic (exact) mass is 272 g/mol. The number of benzene rings is 1. The van der Waals surface area contributed by atoms with Gasteiger partial charge in [-0.3, -0.25) is 0 Å². The minimum absolute atomic E-state index is 0.828. The lowest BCUT2D eigenvalue weighted by molar-refractivity contribution is -0.921. The normalized spacial score (nSPS) is 18.5. The molecule has 1 aromatic heterocycles. The predicted molar refractivity (Wildman–Crippen MR) is 82.9 cm³/mol. The van der Waals surface area contributed by atoms with Gasteiger partial charge in [0.1, 0.15) is 6.54 Å². The van der Waals surface area contributed by atoms with Crippen molar-refractivity contribution in [1.29, 1.82) is 0 Å². The van der Waals surface area contributed by atoms with E-state index in [1.165, 1.54) is 43.4 Å². The van der Waals surface area contributed by atoms with E-state index in [2.05, 4.69) is 42.8 Å². The Bertz CT molecular complexity index is 567. The van der Waals surface area contributed by atoms with Crippen LogP contribution in [0.5, 0.6) is 0 Å². The summed E-state index contributed by atoms with van der Waals surface area (Å²) in [5.41, 5.74) is 2.42. The molecule has 1 aliphatic carbocycles. The lowest BCUT2D eigenvalue weighted by Gasteiger charge is -2.28. The molecule has 0 spiro atoms. The summed E-state index contributed by atoms with van der Waals surface area (Å²) >= 11 is 0. The first-order chi connectivity index (χ1) is 9.79. The van der Waals surface area contributed by atoms with E-state index in [4.69, 9.17) is 4.98 Å². The van der Waals surface area contributed by atoms with Gasteiger partial charge in [0.05, 0.1) is 24.1 Å². The molecule has 1 unspecified atom stereocenters. The van der Waals surface area contributed by atoms with Gasteiger partial charge >= 0.3 is 0 Å². The van der Waals surface area contributed by atoms with Crippen molar-refractivity contribution >= 4 is 11.0 Å². The van der Waals surface area contributed by atoms with Crippen molar-refractivity contribution in [2.45, 2.75) is 58.2 Å². The van der Waals surface area contributed by atoms with Crippen LogP contribution in [-0.2, 0) is 13.1 Å². The third kappa shape index (κ3) is 2.59. The summed E-state index contributed by atoms with van der Waals surface area (Å²) in [7, 11) is 2.34. The Morgan fingerprint density at radius 3 is 2.70 bits per heavy atom. The molecule has 1 aliphatic rings. The molecule has 0 amide bonds. The molecule has 3 nitrogen and oxygen atoms in total. The van der Waals surface area contributed by atoms with Crippen LogP contribution in [-0.4, -0.2) is 22.6 Å². The highest BCUT2D eigenvalue weighted by Crippen LogP contribution is 2.17. The Kier molecular flexibility index (Phi) is 4.06. The average Bonchev–Trinajstić information content (AvgIpc) is 2.85. The Morgan fingerprint density at radius 1 is 1.20 bits per heavy atom. The van der Waals surface area contributed by atoms with Crippen LogP contribution in [0.25, 0.3) is 11.0 Å². The minimum atomic E-state index is 0.828. The fraction of sp³-hybridized carbons (Fsp3) is 0.588. The first-order valence-corrected chi connectivity index (χ1v) is 8.06. The molecule has 20 heavy (non-hydrogen) atoms. The lowest BCUT2D eigenvalue weighted by Crippen LogP contribution is -3.11. The summed E-state index contributed by atoms with van der Waals surface area (Å²) < 4.78 is 2.38. The van der Waals surface area contributed by atoms with Crippen molar-refractivity contribution in [3.05, 3.63) is 30.1 Å². The highest BCUT2D eigenvalue weighted by molar-refractivity contribution is 5.75. The van der Waals surface area contributed by atoms with Crippen molar-refractivity contribution in [1.82, 2.24) is 9.55 Å². The maximum Gasteiger partial charge on any atom is 0.165 e. The summed E-state index contributed by atoms with van der Waals surface area (Å²) in [5.74, 6) is 1.25. The number of hydrogen-bond acceptors (Lipinski definition) is 1. The van der Waals surface area contributed by atoms with Crippen molar-refractivity contribution in [3.8, 4) is 0 Å². The van der Waals surface area contributed by atoms with E-state index in [-0.39, 0.29) is 0 Å². The molecule has 1 N–H and O–H groups in total. The van der Waals surface area contributed by atoms with E-state index < -0.39 is 0 Å². The fourth-order valence-corrected chi connectivity index (χ4v) is 3.60. The third-order valence-electron chi connectivity index (χ3n) is 4.79. The number of rotatable bonds is 4. The van der Waals surface area contributed by atoms with Crippen LogP contribution < -0.4 is 4.90 Å². The standard InChI is InChI=1S/C17H25N3/c1-3-20-16-12-8-7-11-15(16)18-17(20)13-19(2)14-9-5-4-6-10-14/h7-8,11-12,14H,3-6,9-10,13H2,1-2H3/p+1. The molecular formula is C17H26N3+. The van der Waals surface area contributed by atoms with Crippen LogP contribution in [0, 0.1) is 0 Å². The Balaban J connectivity index is 1.82. The number of fused-ring (bicyclic) bond motifs is 1. The second-order valence-electron chi connectivity index (χ2n) is 6.12. The molecule has 1 heterocycles. The van der Waals surface area contributed by atoms with E-state index in [1.807, 2.05) is 0 Å². The van der Waals surface area contributed by atoms with Crippen molar-refractivity contribution in [2.24, 2.45) is 0 Å². The Hall–Kier alpha value is -1.35. The number of hydrogen-bond donors (Lipinski definition) is 1. The van der Waals surface area contributed by atoms with Gasteiger partial charge in [0.2, 0.25) is 0 Å². The van der Waals surface area contributed by atoms with Gasteiger partial charge in [-0.1, -0.05) is 18.6 Å². The number of nitrogens with one attached hydrogen (secondary N) is 1. The topological polar surface area (TPSA) is 22.3 Å². The first kappa shape index (κ1) is 13.6. The van der Waals surface area contributed by atoms with E-state index >= 15 is 0 Å². The number of para-hydroxylation sites is 2. The summed E-state index contributed by atoms with van der Waals surface area (Å²) in [5, 5.41) is 0. The predicted octanol–water partition coefficient (Wildman–Crippen LogP) is 2.40. The Morgan fingerprint density at radius 2 is 1.95 bits per heavy atom. The minimum Gasteiger partial charge on any atom is -0.329 e. The van der Waals surface area contributed by atoms with Gasteiger partial charge in [0.15, 0.2) is 5.82 Å². The average molecular weight is 272 g/mol. The highest BCUT2D eigenvalue weighted by Gasteiger charge is 2.23. The molecule has 0 saturated heterocycles. The second-order valence-corrected chi connectivity index (χ2v) is 6.12. The Labute approximate surface area is 121 Å². The molecule has 2 aromatic rings. The summed E-state index contributed by atoms with van der Waals surface area (Å²) in [4.78, 5) is 6.49. The van der Waals surface area contributed by atoms with Gasteiger partial charge < -0.3 is 9.47 Å². The molecular weight excluding hydrogens is 246 g/mol.